The second-order valence-electron chi connectivity index (χ2n) is 9.90. The largest absolute Gasteiger partial charge is 0.415 e. The Balaban J connectivity index is 1.43. The molecule has 0 atom stereocenters. The van der Waals surface area contributed by atoms with E-state index >= 15 is 0 Å². The number of carbonyl (C=O) groups is 1. The van der Waals surface area contributed by atoms with Gasteiger partial charge in [0.25, 0.3) is 0 Å². The highest BCUT2D eigenvalue weighted by atomic mass is 32.2. The molecule has 1 fully saturated rings. The quantitative estimate of drug-likeness (QED) is 0.425. The van der Waals surface area contributed by atoms with Gasteiger partial charge in [-0.2, -0.15) is 4.31 Å². The van der Waals surface area contributed by atoms with Crippen molar-refractivity contribution in [3.63, 3.8) is 0 Å². The molecule has 0 saturated carbocycles. The molecule has 1 saturated heterocycles. The molecule has 3 aromatic rings. The minimum absolute atomic E-state index is 0.0803. The third kappa shape index (κ3) is 5.62. The number of hydrogen-bond donors (Lipinski definition) is 1. The summed E-state index contributed by atoms with van der Waals surface area (Å²) < 4.78 is 32.8. The topological polar surface area (TPSA) is 87.2 Å². The summed E-state index contributed by atoms with van der Waals surface area (Å²) in [4.78, 5) is 14.7. The lowest BCUT2D eigenvalue weighted by Gasteiger charge is -2.42. The zero-order valence-electron chi connectivity index (χ0n) is 22.2. The predicted molar refractivity (Wildman–Crippen MR) is 147 cm³/mol. The van der Waals surface area contributed by atoms with Crippen LogP contribution in [0.25, 0.3) is 0 Å². The first-order valence-electron chi connectivity index (χ1n) is 13.1. The van der Waals surface area contributed by atoms with Crippen molar-refractivity contribution in [2.75, 3.05) is 19.6 Å². The maximum Gasteiger partial charge on any atom is 0.415 e. The van der Waals surface area contributed by atoms with Gasteiger partial charge in [0, 0.05) is 25.7 Å². The van der Waals surface area contributed by atoms with Crippen LogP contribution in [0.4, 0.5) is 4.79 Å². The lowest BCUT2D eigenvalue weighted by Crippen LogP contribution is -2.46. The highest BCUT2D eigenvalue weighted by molar-refractivity contribution is 7.89. The van der Waals surface area contributed by atoms with Crippen LogP contribution >= 0.6 is 0 Å². The lowest BCUT2D eigenvalue weighted by atomic mass is 9.72. The molecule has 3 aromatic carbocycles. The minimum Gasteiger partial charge on any atom is -0.410 e. The van der Waals surface area contributed by atoms with Crippen LogP contribution < -0.4 is 4.74 Å². The summed E-state index contributed by atoms with van der Waals surface area (Å²) in [5, 5.41) is 12.0. The van der Waals surface area contributed by atoms with E-state index in [-0.39, 0.29) is 22.6 Å². The van der Waals surface area contributed by atoms with Crippen LogP contribution in [0.3, 0.4) is 0 Å². The fourth-order valence-corrected chi connectivity index (χ4v) is 6.94. The number of rotatable bonds is 8. The van der Waals surface area contributed by atoms with Crippen LogP contribution in [0, 0.1) is 5.92 Å². The van der Waals surface area contributed by atoms with E-state index in [1.807, 2.05) is 74.5 Å². The van der Waals surface area contributed by atoms with Crippen LogP contribution in [-0.2, 0) is 15.6 Å². The number of sulfonamides is 1. The Labute approximate surface area is 225 Å². The number of piperidine rings is 1. The third-order valence-corrected chi connectivity index (χ3v) is 9.46. The van der Waals surface area contributed by atoms with Crippen molar-refractivity contribution in [3.8, 4) is 5.75 Å². The molecule has 0 bridgehead atoms. The summed E-state index contributed by atoms with van der Waals surface area (Å²) in [6, 6.07) is 25.1. The van der Waals surface area contributed by atoms with E-state index < -0.39 is 21.7 Å². The second kappa shape index (κ2) is 11.7. The molecule has 0 aromatic heterocycles. The number of ether oxygens (including phenoxy) is 1. The van der Waals surface area contributed by atoms with Crippen molar-refractivity contribution in [1.29, 1.82) is 0 Å². The maximum absolute atomic E-state index is 12.9. The van der Waals surface area contributed by atoms with Gasteiger partial charge < -0.3 is 14.7 Å². The van der Waals surface area contributed by atoms with Crippen LogP contribution in [0.5, 0.6) is 5.75 Å². The average Bonchev–Trinajstić information content (AvgIpc) is 2.94. The summed E-state index contributed by atoms with van der Waals surface area (Å²) in [6.07, 6.45) is 0.725. The van der Waals surface area contributed by atoms with E-state index in [9.17, 15) is 18.3 Å². The van der Waals surface area contributed by atoms with Crippen LogP contribution in [0.15, 0.2) is 89.8 Å². The molecule has 1 aliphatic heterocycles. The van der Waals surface area contributed by atoms with E-state index in [1.54, 1.807) is 11.8 Å². The van der Waals surface area contributed by atoms with E-state index in [1.165, 1.54) is 28.6 Å². The molecule has 1 amide bonds. The van der Waals surface area contributed by atoms with Gasteiger partial charge in [-0.15, -0.1) is 0 Å². The first kappa shape index (κ1) is 27.8. The Hall–Kier alpha value is -3.20. The van der Waals surface area contributed by atoms with Gasteiger partial charge in [-0.25, -0.2) is 13.2 Å². The number of nitrogens with zero attached hydrogens (tertiary/aromatic N) is 2. The third-order valence-electron chi connectivity index (χ3n) is 7.29. The molecular weight excluding hydrogens is 500 g/mol. The highest BCUT2D eigenvalue weighted by Crippen LogP contribution is 2.42. The molecule has 0 spiro atoms. The Morgan fingerprint density at radius 3 is 1.89 bits per heavy atom. The van der Waals surface area contributed by atoms with Gasteiger partial charge in [-0.05, 0) is 68.0 Å². The molecule has 7 nitrogen and oxygen atoms in total. The Morgan fingerprint density at radius 1 is 0.947 bits per heavy atom. The number of likely N-dealkylation sites (tertiary alicyclic amines) is 1. The summed E-state index contributed by atoms with van der Waals surface area (Å²) in [6.45, 7) is 6.73. The maximum atomic E-state index is 12.9. The van der Waals surface area contributed by atoms with Gasteiger partial charge in [0.2, 0.25) is 10.0 Å². The fourth-order valence-electron chi connectivity index (χ4n) is 5.30. The van der Waals surface area contributed by atoms with Gasteiger partial charge >= 0.3 is 6.09 Å². The molecule has 1 N–H and O–H groups in total. The lowest BCUT2D eigenvalue weighted by molar-refractivity contribution is -0.0115. The average molecular weight is 537 g/mol. The Bertz CT molecular complexity index is 1260. The van der Waals surface area contributed by atoms with Crippen molar-refractivity contribution >= 4 is 16.1 Å². The van der Waals surface area contributed by atoms with Crippen LogP contribution in [0.2, 0.25) is 0 Å². The highest BCUT2D eigenvalue weighted by Gasteiger charge is 2.42. The Kier molecular flexibility index (Phi) is 8.55. The monoisotopic (exact) mass is 536 g/mol. The molecule has 1 aliphatic rings. The number of hydrogen-bond acceptors (Lipinski definition) is 5. The van der Waals surface area contributed by atoms with Gasteiger partial charge in [0.05, 0.1) is 4.90 Å². The van der Waals surface area contributed by atoms with Gasteiger partial charge in [-0.3, -0.25) is 0 Å². The van der Waals surface area contributed by atoms with Crippen molar-refractivity contribution in [2.45, 2.75) is 50.2 Å². The van der Waals surface area contributed by atoms with E-state index in [4.69, 9.17) is 4.74 Å². The molecule has 1 heterocycles. The standard InChI is InChI=1S/C30H36N2O5S/c1-4-32(23(2)3)38(35,36)28-17-15-27(16-18-28)37-29(33)31-21-19-26(20-22-31)30(34,24-11-7-5-8-12-24)25-13-9-6-10-14-25/h5-18,23,26,34H,4,19-22H2,1-3H3. The van der Waals surface area contributed by atoms with Crippen molar-refractivity contribution < 1.29 is 23.1 Å². The molecule has 38 heavy (non-hydrogen) atoms. The molecule has 8 heteroatoms. The van der Waals surface area contributed by atoms with E-state index in [2.05, 4.69) is 0 Å². The van der Waals surface area contributed by atoms with E-state index in [0.717, 1.165) is 11.1 Å². The van der Waals surface area contributed by atoms with Gasteiger partial charge in [0.1, 0.15) is 11.4 Å². The van der Waals surface area contributed by atoms with Crippen LogP contribution in [-0.4, -0.2) is 54.5 Å². The fraction of sp³-hybridized carbons (Fsp3) is 0.367. The first-order chi connectivity index (χ1) is 18.2. The van der Waals surface area contributed by atoms with Crippen molar-refractivity contribution in [3.05, 3.63) is 96.1 Å². The zero-order chi connectivity index (χ0) is 27.3. The minimum atomic E-state index is -3.62. The normalized spacial score (nSPS) is 15.2. The molecular formula is C30H36N2O5S. The summed E-state index contributed by atoms with van der Waals surface area (Å²) in [5.74, 6) is 0.206. The van der Waals surface area contributed by atoms with Crippen LogP contribution in [0.1, 0.15) is 44.7 Å². The number of benzene rings is 3. The van der Waals surface area contributed by atoms with E-state index in [0.29, 0.717) is 32.5 Å². The van der Waals surface area contributed by atoms with Gasteiger partial charge in [0.15, 0.2) is 0 Å². The van der Waals surface area contributed by atoms with Crippen molar-refractivity contribution in [1.82, 2.24) is 9.21 Å². The number of carbonyl (C=O) groups excluding carboxylic acids is 1. The number of amides is 1. The zero-order valence-corrected chi connectivity index (χ0v) is 23.0. The molecule has 0 radical (unpaired) electrons. The Morgan fingerprint density at radius 2 is 1.45 bits per heavy atom. The molecule has 4 rings (SSSR count). The molecule has 0 aliphatic carbocycles. The van der Waals surface area contributed by atoms with Crippen molar-refractivity contribution in [2.24, 2.45) is 5.92 Å². The summed E-state index contributed by atoms with van der Waals surface area (Å²) >= 11 is 0. The van der Waals surface area contributed by atoms with Gasteiger partial charge in [-0.1, -0.05) is 67.6 Å². The number of aliphatic hydroxyl groups is 1. The predicted octanol–water partition coefficient (Wildman–Crippen LogP) is 5.25. The second-order valence-corrected chi connectivity index (χ2v) is 11.8. The SMILES string of the molecule is CCN(C(C)C)S(=O)(=O)c1ccc(OC(=O)N2CCC(C(O)(c3ccccc3)c3ccccc3)CC2)cc1. The summed E-state index contributed by atoms with van der Waals surface area (Å²) in [5.41, 5.74) is 0.505. The molecule has 202 valence electrons. The smallest absolute Gasteiger partial charge is 0.410 e. The summed E-state index contributed by atoms with van der Waals surface area (Å²) in [7, 11) is -3.62. The molecule has 0 unspecified atom stereocenters. The first-order valence-corrected chi connectivity index (χ1v) is 14.5.